The monoisotopic (exact) mass is 285 g/mol. The van der Waals surface area contributed by atoms with Gasteiger partial charge in [0.05, 0.1) is 5.69 Å². The number of nitrogens with one attached hydrogen (secondary N) is 1. The fourth-order valence-corrected chi connectivity index (χ4v) is 2.07. The van der Waals surface area contributed by atoms with Gasteiger partial charge in [0, 0.05) is 5.69 Å². The van der Waals surface area contributed by atoms with Crippen molar-refractivity contribution in [3.05, 3.63) is 52.5 Å². The molecule has 106 valence electrons. The van der Waals surface area contributed by atoms with Crippen LogP contribution in [0.2, 0.25) is 0 Å². The number of benzene rings is 1. The number of carbonyl (C=O) groups is 1. The molecule has 2 aromatic rings. The van der Waals surface area contributed by atoms with Gasteiger partial charge < -0.3 is 10.4 Å². The van der Waals surface area contributed by atoms with Gasteiger partial charge in [0.1, 0.15) is 28.8 Å². The van der Waals surface area contributed by atoms with E-state index in [1.165, 1.54) is 12.1 Å². The second-order valence-electron chi connectivity index (χ2n) is 4.51. The maximum Gasteiger partial charge on any atom is 0.339 e. The molecule has 0 saturated heterocycles. The number of anilines is 2. The first-order valence-electron chi connectivity index (χ1n) is 6.11. The standard InChI is InChI=1S/C15H12FN3O2/c1-8-6-9(2)18-14(13(8)15(20)21)19-12-5-3-4-11(16)10(12)7-17/h3-6H,1-2H3,(H,18,19)(H,20,21). The third-order valence-corrected chi connectivity index (χ3v) is 2.94. The van der Waals surface area contributed by atoms with Crippen molar-refractivity contribution < 1.29 is 14.3 Å². The lowest BCUT2D eigenvalue weighted by molar-refractivity contribution is 0.0697. The minimum atomic E-state index is -1.14. The molecule has 0 saturated carbocycles. The molecule has 0 bridgehead atoms. The molecule has 0 unspecified atom stereocenters. The van der Waals surface area contributed by atoms with Gasteiger partial charge in [-0.05, 0) is 37.6 Å². The third-order valence-electron chi connectivity index (χ3n) is 2.94. The van der Waals surface area contributed by atoms with E-state index >= 15 is 0 Å². The molecular weight excluding hydrogens is 273 g/mol. The summed E-state index contributed by atoms with van der Waals surface area (Å²) in [5, 5.41) is 21.0. The predicted molar refractivity (Wildman–Crippen MR) is 75.1 cm³/mol. The van der Waals surface area contributed by atoms with Crippen LogP contribution < -0.4 is 5.32 Å². The summed E-state index contributed by atoms with van der Waals surface area (Å²) in [6, 6.07) is 7.48. The topological polar surface area (TPSA) is 86.0 Å². The summed E-state index contributed by atoms with van der Waals surface area (Å²) in [6.45, 7) is 3.38. The molecule has 0 amide bonds. The van der Waals surface area contributed by atoms with E-state index < -0.39 is 11.8 Å². The van der Waals surface area contributed by atoms with Crippen LogP contribution >= 0.6 is 0 Å². The number of hydrogen-bond acceptors (Lipinski definition) is 4. The largest absolute Gasteiger partial charge is 0.478 e. The number of halogens is 1. The van der Waals surface area contributed by atoms with Crippen molar-refractivity contribution in [2.45, 2.75) is 13.8 Å². The lowest BCUT2D eigenvalue weighted by atomic mass is 10.1. The smallest absolute Gasteiger partial charge is 0.339 e. The highest BCUT2D eigenvalue weighted by molar-refractivity contribution is 5.95. The quantitative estimate of drug-likeness (QED) is 0.904. The van der Waals surface area contributed by atoms with Crippen LogP contribution in [0.15, 0.2) is 24.3 Å². The lowest BCUT2D eigenvalue weighted by Gasteiger charge is -2.13. The summed E-state index contributed by atoms with van der Waals surface area (Å²) < 4.78 is 13.6. The molecule has 0 radical (unpaired) electrons. The van der Waals surface area contributed by atoms with E-state index in [9.17, 15) is 14.3 Å². The number of rotatable bonds is 3. The highest BCUT2D eigenvalue weighted by Gasteiger charge is 2.17. The summed E-state index contributed by atoms with van der Waals surface area (Å²) >= 11 is 0. The molecule has 2 rings (SSSR count). The SMILES string of the molecule is Cc1cc(C)c(C(=O)O)c(Nc2cccc(F)c2C#N)n1. The van der Waals surface area contributed by atoms with E-state index in [4.69, 9.17) is 5.26 Å². The second kappa shape index (κ2) is 5.59. The summed E-state index contributed by atoms with van der Waals surface area (Å²) in [7, 11) is 0. The van der Waals surface area contributed by atoms with Crippen LogP contribution in [0.25, 0.3) is 0 Å². The van der Waals surface area contributed by atoms with Gasteiger partial charge in [0.25, 0.3) is 0 Å². The Morgan fingerprint density at radius 3 is 2.76 bits per heavy atom. The van der Waals surface area contributed by atoms with Gasteiger partial charge >= 0.3 is 5.97 Å². The minimum absolute atomic E-state index is 0.00579. The number of nitriles is 1. The Hall–Kier alpha value is -2.94. The zero-order valence-corrected chi connectivity index (χ0v) is 11.4. The Balaban J connectivity index is 2.58. The molecule has 0 spiro atoms. The van der Waals surface area contributed by atoms with E-state index in [1.807, 2.05) is 0 Å². The van der Waals surface area contributed by atoms with Crippen LogP contribution in [-0.4, -0.2) is 16.1 Å². The van der Waals surface area contributed by atoms with Crippen LogP contribution in [0.3, 0.4) is 0 Å². The maximum atomic E-state index is 13.6. The number of pyridine rings is 1. The molecule has 1 heterocycles. The van der Waals surface area contributed by atoms with Crippen LogP contribution in [0.4, 0.5) is 15.9 Å². The number of aromatic carboxylic acids is 1. The number of hydrogen-bond donors (Lipinski definition) is 2. The van der Waals surface area contributed by atoms with E-state index in [0.29, 0.717) is 11.3 Å². The van der Waals surface area contributed by atoms with Crippen LogP contribution in [0.5, 0.6) is 0 Å². The van der Waals surface area contributed by atoms with Crippen molar-refractivity contribution in [2.75, 3.05) is 5.32 Å². The van der Waals surface area contributed by atoms with E-state index in [-0.39, 0.29) is 22.6 Å². The fraction of sp³-hybridized carbons (Fsp3) is 0.133. The van der Waals surface area contributed by atoms with Crippen LogP contribution in [-0.2, 0) is 0 Å². The minimum Gasteiger partial charge on any atom is -0.478 e. The highest BCUT2D eigenvalue weighted by Crippen LogP contribution is 2.26. The molecule has 0 aliphatic heterocycles. The molecule has 5 nitrogen and oxygen atoms in total. The molecule has 1 aromatic heterocycles. The maximum absolute atomic E-state index is 13.6. The lowest BCUT2D eigenvalue weighted by Crippen LogP contribution is -2.09. The number of aromatic nitrogens is 1. The summed E-state index contributed by atoms with van der Waals surface area (Å²) in [4.78, 5) is 15.5. The van der Waals surface area contributed by atoms with Gasteiger partial charge in [-0.15, -0.1) is 0 Å². The van der Waals surface area contributed by atoms with Gasteiger partial charge in [-0.1, -0.05) is 6.07 Å². The van der Waals surface area contributed by atoms with Gasteiger partial charge in [-0.2, -0.15) is 5.26 Å². The molecule has 21 heavy (non-hydrogen) atoms. The third kappa shape index (κ3) is 2.82. The van der Waals surface area contributed by atoms with E-state index in [2.05, 4.69) is 10.3 Å². The fourth-order valence-electron chi connectivity index (χ4n) is 2.07. The van der Waals surface area contributed by atoms with Crippen molar-refractivity contribution >= 4 is 17.5 Å². The van der Waals surface area contributed by atoms with E-state index in [0.717, 1.165) is 6.07 Å². The Morgan fingerprint density at radius 2 is 2.14 bits per heavy atom. The number of carboxylic acids is 1. The molecule has 0 aliphatic rings. The highest BCUT2D eigenvalue weighted by atomic mass is 19.1. The van der Waals surface area contributed by atoms with Crippen LogP contribution in [0.1, 0.15) is 27.2 Å². The number of nitrogens with zero attached hydrogens (tertiary/aromatic N) is 2. The Bertz CT molecular complexity index is 766. The number of aryl methyl sites for hydroxylation is 2. The van der Waals surface area contributed by atoms with Gasteiger partial charge in [-0.3, -0.25) is 0 Å². The van der Waals surface area contributed by atoms with Gasteiger partial charge in [-0.25, -0.2) is 14.2 Å². The average Bonchev–Trinajstić information content (AvgIpc) is 2.37. The summed E-state index contributed by atoms with van der Waals surface area (Å²) in [6.07, 6.45) is 0. The first-order valence-corrected chi connectivity index (χ1v) is 6.11. The first-order chi connectivity index (χ1) is 9.93. The molecular formula is C15H12FN3O2. The molecule has 0 atom stereocenters. The number of carboxylic acid groups (broad SMARTS) is 1. The van der Waals surface area contributed by atoms with Crippen molar-refractivity contribution in [3.63, 3.8) is 0 Å². The normalized spacial score (nSPS) is 10.0. The zero-order valence-electron chi connectivity index (χ0n) is 11.4. The van der Waals surface area contributed by atoms with Crippen molar-refractivity contribution in [3.8, 4) is 6.07 Å². The Kier molecular flexibility index (Phi) is 3.85. The van der Waals surface area contributed by atoms with Crippen molar-refractivity contribution in [1.82, 2.24) is 4.98 Å². The zero-order chi connectivity index (χ0) is 15.6. The Labute approximate surface area is 120 Å². The second-order valence-corrected chi connectivity index (χ2v) is 4.51. The molecule has 2 N–H and O–H groups in total. The molecule has 1 aromatic carbocycles. The Morgan fingerprint density at radius 1 is 1.43 bits per heavy atom. The predicted octanol–water partition coefficient (Wildman–Crippen LogP) is 3.15. The average molecular weight is 285 g/mol. The molecule has 6 heteroatoms. The summed E-state index contributed by atoms with van der Waals surface area (Å²) in [5.74, 6) is -1.73. The first kappa shape index (κ1) is 14.5. The van der Waals surface area contributed by atoms with E-state index in [1.54, 1.807) is 26.0 Å². The van der Waals surface area contributed by atoms with Gasteiger partial charge in [0.2, 0.25) is 0 Å². The van der Waals surface area contributed by atoms with Gasteiger partial charge in [0.15, 0.2) is 0 Å². The van der Waals surface area contributed by atoms with Crippen molar-refractivity contribution in [2.24, 2.45) is 0 Å². The molecule has 0 fully saturated rings. The van der Waals surface area contributed by atoms with Crippen molar-refractivity contribution in [1.29, 1.82) is 5.26 Å². The van der Waals surface area contributed by atoms with Crippen LogP contribution in [0, 0.1) is 31.0 Å². The molecule has 0 aliphatic carbocycles. The summed E-state index contributed by atoms with van der Waals surface area (Å²) in [5.41, 5.74) is 1.14.